The standard InChI is InChI=1S/C19H19F3N4O2/c1-12(27)10-23-18-25-15-7-2-3-8-16(15)26(18)11-17(28)24-14-6-4-5-13(9-14)19(20,21)22/h2-9,12,27H,10-11H2,1H3,(H,23,25)(H,24,28). The Morgan fingerprint density at radius 1 is 1.21 bits per heavy atom. The molecule has 0 spiro atoms. The largest absolute Gasteiger partial charge is 0.416 e. The van der Waals surface area contributed by atoms with Gasteiger partial charge < -0.3 is 20.3 Å². The number of nitrogens with one attached hydrogen (secondary N) is 2. The van der Waals surface area contributed by atoms with E-state index in [0.717, 1.165) is 12.1 Å². The van der Waals surface area contributed by atoms with Crippen molar-refractivity contribution in [2.24, 2.45) is 0 Å². The van der Waals surface area contributed by atoms with Gasteiger partial charge >= 0.3 is 6.18 Å². The van der Waals surface area contributed by atoms with E-state index in [1.165, 1.54) is 12.1 Å². The monoisotopic (exact) mass is 392 g/mol. The molecule has 1 amide bonds. The molecular weight excluding hydrogens is 373 g/mol. The number of hydrogen-bond acceptors (Lipinski definition) is 4. The van der Waals surface area contributed by atoms with Crippen molar-refractivity contribution < 1.29 is 23.1 Å². The second-order valence-electron chi connectivity index (χ2n) is 6.37. The number of anilines is 2. The number of aromatic nitrogens is 2. The van der Waals surface area contributed by atoms with Crippen molar-refractivity contribution in [2.75, 3.05) is 17.2 Å². The number of amides is 1. The van der Waals surface area contributed by atoms with Gasteiger partial charge in [-0.3, -0.25) is 4.79 Å². The third-order valence-corrected chi connectivity index (χ3v) is 3.99. The zero-order valence-corrected chi connectivity index (χ0v) is 15.0. The van der Waals surface area contributed by atoms with E-state index in [9.17, 15) is 23.1 Å². The lowest BCUT2D eigenvalue weighted by atomic mass is 10.2. The Kier molecular flexibility index (Phi) is 5.55. The summed E-state index contributed by atoms with van der Waals surface area (Å²) in [6.45, 7) is 1.69. The van der Waals surface area contributed by atoms with Crippen molar-refractivity contribution in [3.8, 4) is 0 Å². The van der Waals surface area contributed by atoms with Crippen LogP contribution in [0.15, 0.2) is 48.5 Å². The molecule has 0 saturated heterocycles. The number of fused-ring (bicyclic) bond motifs is 1. The first kappa shape index (κ1) is 19.7. The smallest absolute Gasteiger partial charge is 0.392 e. The van der Waals surface area contributed by atoms with Crippen LogP contribution in [0.5, 0.6) is 0 Å². The molecule has 3 rings (SSSR count). The van der Waals surface area contributed by atoms with Gasteiger partial charge in [0.05, 0.1) is 22.7 Å². The first-order valence-electron chi connectivity index (χ1n) is 8.58. The highest BCUT2D eigenvalue weighted by atomic mass is 19.4. The van der Waals surface area contributed by atoms with Crippen LogP contribution >= 0.6 is 0 Å². The summed E-state index contributed by atoms with van der Waals surface area (Å²) >= 11 is 0. The normalized spacial score (nSPS) is 12.8. The summed E-state index contributed by atoms with van der Waals surface area (Å²) in [6, 6.07) is 11.6. The zero-order valence-electron chi connectivity index (χ0n) is 15.0. The van der Waals surface area contributed by atoms with E-state index in [4.69, 9.17) is 0 Å². The van der Waals surface area contributed by atoms with Gasteiger partial charge in [0.2, 0.25) is 11.9 Å². The van der Waals surface area contributed by atoms with E-state index in [-0.39, 0.29) is 18.8 Å². The number of hydrogen-bond donors (Lipinski definition) is 3. The molecule has 0 aliphatic carbocycles. The van der Waals surface area contributed by atoms with Crippen LogP contribution in [0.4, 0.5) is 24.8 Å². The quantitative estimate of drug-likeness (QED) is 0.600. The van der Waals surface area contributed by atoms with Crippen molar-refractivity contribution in [1.29, 1.82) is 0 Å². The number of imidazole rings is 1. The molecule has 2 aromatic carbocycles. The van der Waals surface area contributed by atoms with E-state index in [2.05, 4.69) is 15.6 Å². The van der Waals surface area contributed by atoms with Crippen LogP contribution in [-0.2, 0) is 17.5 Å². The van der Waals surface area contributed by atoms with Gasteiger partial charge in [-0.05, 0) is 37.3 Å². The summed E-state index contributed by atoms with van der Waals surface area (Å²) in [7, 11) is 0. The number of carbonyl (C=O) groups excluding carboxylic acids is 1. The number of halogens is 3. The molecule has 1 atom stereocenters. The lowest BCUT2D eigenvalue weighted by molar-refractivity contribution is -0.137. The number of rotatable bonds is 6. The van der Waals surface area contributed by atoms with Crippen LogP contribution in [0.1, 0.15) is 12.5 Å². The van der Waals surface area contributed by atoms with Crippen LogP contribution in [-0.4, -0.2) is 33.2 Å². The highest BCUT2D eigenvalue weighted by molar-refractivity contribution is 5.92. The fourth-order valence-electron chi connectivity index (χ4n) is 2.73. The van der Waals surface area contributed by atoms with Crippen molar-refractivity contribution in [3.63, 3.8) is 0 Å². The number of carbonyl (C=O) groups is 1. The van der Waals surface area contributed by atoms with Crippen LogP contribution in [0.2, 0.25) is 0 Å². The van der Waals surface area contributed by atoms with Gasteiger partial charge in [-0.15, -0.1) is 0 Å². The summed E-state index contributed by atoms with van der Waals surface area (Å²) in [5.41, 5.74) is 0.567. The van der Waals surface area contributed by atoms with Gasteiger partial charge in [0.1, 0.15) is 6.54 Å². The van der Waals surface area contributed by atoms with Gasteiger partial charge in [0.25, 0.3) is 0 Å². The molecule has 0 aliphatic rings. The van der Waals surface area contributed by atoms with E-state index in [1.807, 2.05) is 0 Å². The highest BCUT2D eigenvalue weighted by Gasteiger charge is 2.30. The predicted octanol–water partition coefficient (Wildman–Crippen LogP) is 3.49. The molecule has 0 fully saturated rings. The number of para-hydroxylation sites is 2. The van der Waals surface area contributed by atoms with Gasteiger partial charge in [-0.2, -0.15) is 13.2 Å². The van der Waals surface area contributed by atoms with Crippen molar-refractivity contribution in [3.05, 3.63) is 54.1 Å². The SMILES string of the molecule is CC(O)CNc1nc2ccccc2n1CC(=O)Nc1cccc(C(F)(F)F)c1. The minimum atomic E-state index is -4.49. The summed E-state index contributed by atoms with van der Waals surface area (Å²) in [5.74, 6) is -0.108. The highest BCUT2D eigenvalue weighted by Crippen LogP contribution is 2.30. The van der Waals surface area contributed by atoms with Crippen LogP contribution < -0.4 is 10.6 Å². The van der Waals surface area contributed by atoms with Crippen LogP contribution in [0, 0.1) is 0 Å². The van der Waals surface area contributed by atoms with Crippen LogP contribution in [0.3, 0.4) is 0 Å². The maximum atomic E-state index is 12.8. The Morgan fingerprint density at radius 3 is 2.68 bits per heavy atom. The Bertz CT molecular complexity index is 983. The Hall–Kier alpha value is -3.07. The molecule has 1 aromatic heterocycles. The third-order valence-electron chi connectivity index (χ3n) is 3.99. The Balaban J connectivity index is 1.82. The molecular formula is C19H19F3N4O2. The number of nitrogens with zero attached hydrogens (tertiary/aromatic N) is 2. The number of aliphatic hydroxyl groups excluding tert-OH is 1. The van der Waals surface area contributed by atoms with Gasteiger partial charge in [0, 0.05) is 12.2 Å². The average molecular weight is 392 g/mol. The number of benzene rings is 2. The number of alkyl halides is 3. The second kappa shape index (κ2) is 7.89. The summed E-state index contributed by atoms with van der Waals surface area (Å²) in [5, 5.41) is 14.9. The lowest BCUT2D eigenvalue weighted by Crippen LogP contribution is -2.22. The second-order valence-corrected chi connectivity index (χ2v) is 6.37. The summed E-state index contributed by atoms with van der Waals surface area (Å²) in [4.78, 5) is 16.9. The minimum absolute atomic E-state index is 0.0581. The van der Waals surface area contributed by atoms with Gasteiger partial charge in [0.15, 0.2) is 0 Å². The van der Waals surface area contributed by atoms with Crippen molar-refractivity contribution in [1.82, 2.24) is 9.55 Å². The molecule has 1 unspecified atom stereocenters. The maximum absolute atomic E-state index is 12.8. The first-order chi connectivity index (χ1) is 13.2. The summed E-state index contributed by atoms with van der Waals surface area (Å²) < 4.78 is 40.1. The Labute approximate surface area is 159 Å². The Morgan fingerprint density at radius 2 is 1.96 bits per heavy atom. The molecule has 9 heteroatoms. The summed E-state index contributed by atoms with van der Waals surface area (Å²) in [6.07, 6.45) is -5.11. The molecule has 148 valence electrons. The molecule has 0 radical (unpaired) electrons. The molecule has 3 aromatic rings. The van der Waals surface area contributed by atoms with Gasteiger partial charge in [-0.25, -0.2) is 4.98 Å². The van der Waals surface area contributed by atoms with Gasteiger partial charge in [-0.1, -0.05) is 18.2 Å². The first-order valence-corrected chi connectivity index (χ1v) is 8.58. The van der Waals surface area contributed by atoms with E-state index < -0.39 is 23.8 Å². The molecule has 0 bridgehead atoms. The fourth-order valence-corrected chi connectivity index (χ4v) is 2.73. The molecule has 3 N–H and O–H groups in total. The van der Waals surface area contributed by atoms with E-state index in [1.54, 1.807) is 35.8 Å². The van der Waals surface area contributed by atoms with Crippen molar-refractivity contribution in [2.45, 2.75) is 25.7 Å². The van der Waals surface area contributed by atoms with E-state index >= 15 is 0 Å². The molecule has 0 aliphatic heterocycles. The maximum Gasteiger partial charge on any atom is 0.416 e. The predicted molar refractivity (Wildman–Crippen MR) is 100.0 cm³/mol. The topological polar surface area (TPSA) is 79.2 Å². The van der Waals surface area contributed by atoms with E-state index in [0.29, 0.717) is 17.0 Å². The van der Waals surface area contributed by atoms with Crippen LogP contribution in [0.25, 0.3) is 11.0 Å². The molecule has 0 saturated carbocycles. The van der Waals surface area contributed by atoms with Crippen molar-refractivity contribution >= 4 is 28.6 Å². The fraction of sp³-hybridized carbons (Fsp3) is 0.263. The lowest BCUT2D eigenvalue weighted by Gasteiger charge is -2.13. The molecule has 1 heterocycles. The number of aliphatic hydroxyl groups is 1. The minimum Gasteiger partial charge on any atom is -0.392 e. The average Bonchev–Trinajstić information content (AvgIpc) is 2.97. The molecule has 28 heavy (non-hydrogen) atoms. The molecule has 6 nitrogen and oxygen atoms in total. The third kappa shape index (κ3) is 4.61. The zero-order chi connectivity index (χ0) is 20.3.